The molecule has 4 aromatic rings. The van der Waals surface area contributed by atoms with Crippen LogP contribution in [0.15, 0.2) is 72.8 Å². The lowest BCUT2D eigenvalue weighted by Gasteiger charge is -2.20. The van der Waals surface area contributed by atoms with Crippen molar-refractivity contribution in [2.75, 3.05) is 0 Å². The van der Waals surface area contributed by atoms with Gasteiger partial charge in [-0.2, -0.15) is 22.0 Å². The number of rotatable bonds is 9. The highest BCUT2D eigenvalue weighted by atomic mass is 19.3. The molecular weight excluding hydrogens is 551 g/mol. The molecule has 0 aliphatic carbocycles. The van der Waals surface area contributed by atoms with Gasteiger partial charge in [0.05, 0.1) is 11.1 Å². The van der Waals surface area contributed by atoms with Gasteiger partial charge < -0.3 is 9.47 Å². The predicted octanol–water partition coefficient (Wildman–Crippen LogP) is 9.26. The van der Waals surface area contributed by atoms with Crippen molar-refractivity contribution in [3.05, 3.63) is 119 Å². The van der Waals surface area contributed by atoms with Crippen LogP contribution in [0.4, 0.5) is 39.5 Å². The highest BCUT2D eigenvalue weighted by Crippen LogP contribution is 2.38. The van der Waals surface area contributed by atoms with Gasteiger partial charge in [-0.1, -0.05) is 37.6 Å². The second kappa shape index (κ2) is 11.1. The van der Waals surface area contributed by atoms with Crippen molar-refractivity contribution >= 4 is 0 Å². The van der Waals surface area contributed by atoms with E-state index < -0.39 is 69.5 Å². The Hall–Kier alpha value is -4.15. The number of hydrogen-bond acceptors (Lipinski definition) is 2. The maximum atomic E-state index is 14.8. The fourth-order valence-corrected chi connectivity index (χ4v) is 3.83. The van der Waals surface area contributed by atoms with Crippen LogP contribution in [-0.4, -0.2) is 0 Å². The molecule has 4 rings (SSSR count). The molecule has 0 bridgehead atoms. The Kier molecular flexibility index (Phi) is 8.04. The van der Waals surface area contributed by atoms with Crippen LogP contribution in [0.2, 0.25) is 0 Å². The maximum Gasteiger partial charge on any atom is 0.426 e. The van der Waals surface area contributed by atoms with Crippen LogP contribution in [0, 0.1) is 29.1 Å². The molecular formula is C29H19F9O2. The normalized spacial score (nSPS) is 11.9. The quantitative estimate of drug-likeness (QED) is 0.148. The van der Waals surface area contributed by atoms with Crippen LogP contribution in [-0.2, 0) is 18.6 Å². The van der Waals surface area contributed by atoms with Crippen molar-refractivity contribution in [3.8, 4) is 22.6 Å². The van der Waals surface area contributed by atoms with Gasteiger partial charge in [0.2, 0.25) is 5.82 Å². The number of hydrogen-bond donors (Lipinski definition) is 0. The van der Waals surface area contributed by atoms with Gasteiger partial charge in [-0.25, -0.2) is 17.6 Å². The summed E-state index contributed by atoms with van der Waals surface area (Å²) in [7, 11) is 0. The highest BCUT2D eigenvalue weighted by Gasteiger charge is 2.37. The summed E-state index contributed by atoms with van der Waals surface area (Å²) in [6.45, 7) is 1.92. The molecule has 0 radical (unpaired) electrons. The van der Waals surface area contributed by atoms with Gasteiger partial charge in [0.25, 0.3) is 0 Å². The van der Waals surface area contributed by atoms with Crippen LogP contribution in [0.3, 0.4) is 0 Å². The summed E-state index contributed by atoms with van der Waals surface area (Å²) in [6, 6.07) is 10.8. The molecule has 4 aromatic carbocycles. The van der Waals surface area contributed by atoms with Crippen LogP contribution in [0.5, 0.6) is 11.5 Å². The van der Waals surface area contributed by atoms with Gasteiger partial charge in [0.15, 0.2) is 29.0 Å². The molecule has 40 heavy (non-hydrogen) atoms. The lowest BCUT2D eigenvalue weighted by atomic mass is 10.0. The molecule has 0 heterocycles. The first-order valence-corrected chi connectivity index (χ1v) is 11.8. The van der Waals surface area contributed by atoms with Gasteiger partial charge >= 0.3 is 12.2 Å². The number of benzene rings is 4. The lowest BCUT2D eigenvalue weighted by molar-refractivity contribution is -0.187. The molecule has 0 fully saturated rings. The minimum atomic E-state index is -4.16. The van der Waals surface area contributed by atoms with E-state index >= 15 is 0 Å². The Bertz CT molecular complexity index is 1480. The first kappa shape index (κ1) is 28.8. The molecule has 0 aromatic heterocycles. The summed E-state index contributed by atoms with van der Waals surface area (Å²) in [5, 5.41) is 0. The van der Waals surface area contributed by atoms with Gasteiger partial charge in [-0.15, -0.1) is 0 Å². The number of alkyl halides is 4. The SMILES string of the molecule is CCCc1ccc(C(F)(F)Oc2ccc(-c3ccc(C(F)(F)Oc4cc(F)c(F)c(F)c4)cc3)c(F)c2F)cc1. The summed E-state index contributed by atoms with van der Waals surface area (Å²) < 4.78 is 136. The third kappa shape index (κ3) is 6.03. The molecule has 0 N–H and O–H groups in total. The summed E-state index contributed by atoms with van der Waals surface area (Å²) in [5.74, 6) is -10.7. The van der Waals surface area contributed by atoms with Gasteiger partial charge in [0.1, 0.15) is 5.75 Å². The van der Waals surface area contributed by atoms with E-state index in [1.54, 1.807) is 0 Å². The van der Waals surface area contributed by atoms with E-state index in [2.05, 4.69) is 9.47 Å². The summed E-state index contributed by atoms with van der Waals surface area (Å²) in [4.78, 5) is 0. The summed E-state index contributed by atoms with van der Waals surface area (Å²) in [6.07, 6.45) is -6.66. The Balaban J connectivity index is 1.53. The fourth-order valence-electron chi connectivity index (χ4n) is 3.83. The zero-order valence-corrected chi connectivity index (χ0v) is 20.6. The number of halogens is 9. The molecule has 11 heteroatoms. The first-order chi connectivity index (χ1) is 18.8. The number of aryl methyl sites for hydroxylation is 1. The second-order valence-electron chi connectivity index (χ2n) is 8.70. The van der Waals surface area contributed by atoms with Gasteiger partial charge in [0, 0.05) is 17.7 Å². The topological polar surface area (TPSA) is 18.5 Å². The van der Waals surface area contributed by atoms with Crippen molar-refractivity contribution in [2.45, 2.75) is 32.0 Å². The average Bonchev–Trinajstić information content (AvgIpc) is 2.90. The van der Waals surface area contributed by atoms with Crippen LogP contribution in [0.1, 0.15) is 30.0 Å². The largest absolute Gasteiger partial charge is 0.429 e. The zero-order valence-electron chi connectivity index (χ0n) is 20.6. The van der Waals surface area contributed by atoms with Crippen molar-refractivity contribution in [3.63, 3.8) is 0 Å². The lowest BCUT2D eigenvalue weighted by Crippen LogP contribution is -2.22. The molecule has 0 aliphatic rings. The van der Waals surface area contributed by atoms with Crippen molar-refractivity contribution < 1.29 is 49.0 Å². The minimum absolute atomic E-state index is 0.111. The Labute approximate surface area is 222 Å². The first-order valence-electron chi connectivity index (χ1n) is 11.8. The van der Waals surface area contributed by atoms with E-state index in [1.807, 2.05) is 6.92 Å². The Morgan fingerprint density at radius 3 is 1.68 bits per heavy atom. The standard InChI is InChI=1S/C29H19F9O2/c1-2-3-16-4-8-18(9-5-16)29(37,38)40-24-13-12-21(25(32)27(24)34)17-6-10-19(11-7-17)28(35,36)39-20-14-22(30)26(33)23(31)15-20/h4-15H,2-3H2,1H3. The molecule has 0 amide bonds. The van der Waals surface area contributed by atoms with Crippen LogP contribution < -0.4 is 9.47 Å². The maximum absolute atomic E-state index is 14.8. The molecule has 0 unspecified atom stereocenters. The molecule has 0 saturated heterocycles. The van der Waals surface area contributed by atoms with E-state index in [4.69, 9.17) is 0 Å². The van der Waals surface area contributed by atoms with Gasteiger partial charge in [-0.3, -0.25) is 0 Å². The van der Waals surface area contributed by atoms with Crippen LogP contribution in [0.25, 0.3) is 11.1 Å². The molecule has 0 spiro atoms. The highest BCUT2D eigenvalue weighted by molar-refractivity contribution is 5.65. The molecule has 0 aliphatic heterocycles. The third-order valence-electron chi connectivity index (χ3n) is 5.85. The zero-order chi connectivity index (χ0) is 29.2. The third-order valence-corrected chi connectivity index (χ3v) is 5.85. The Morgan fingerprint density at radius 2 is 1.12 bits per heavy atom. The monoisotopic (exact) mass is 570 g/mol. The molecule has 2 nitrogen and oxygen atoms in total. The van der Waals surface area contributed by atoms with Crippen LogP contribution >= 0.6 is 0 Å². The van der Waals surface area contributed by atoms with E-state index in [-0.39, 0.29) is 17.7 Å². The fraction of sp³-hybridized carbons (Fsp3) is 0.172. The molecule has 0 atom stereocenters. The molecule has 0 saturated carbocycles. The summed E-state index contributed by atoms with van der Waals surface area (Å²) >= 11 is 0. The number of ether oxygens (including phenoxy) is 2. The smallest absolute Gasteiger partial charge is 0.426 e. The summed E-state index contributed by atoms with van der Waals surface area (Å²) in [5.41, 5.74) is -1.15. The van der Waals surface area contributed by atoms with E-state index in [0.29, 0.717) is 6.42 Å². The average molecular weight is 570 g/mol. The van der Waals surface area contributed by atoms with E-state index in [1.165, 1.54) is 12.1 Å². The van der Waals surface area contributed by atoms with Crippen molar-refractivity contribution in [1.29, 1.82) is 0 Å². The van der Waals surface area contributed by atoms with Crippen molar-refractivity contribution in [1.82, 2.24) is 0 Å². The predicted molar refractivity (Wildman–Crippen MR) is 128 cm³/mol. The molecule has 210 valence electrons. The Morgan fingerprint density at radius 1 is 0.600 bits per heavy atom. The van der Waals surface area contributed by atoms with E-state index in [9.17, 15) is 39.5 Å². The second-order valence-corrected chi connectivity index (χ2v) is 8.70. The minimum Gasteiger partial charge on any atom is -0.429 e. The van der Waals surface area contributed by atoms with Gasteiger partial charge in [-0.05, 0) is 53.9 Å². The van der Waals surface area contributed by atoms with E-state index in [0.717, 1.165) is 60.5 Å². The van der Waals surface area contributed by atoms with Crippen molar-refractivity contribution in [2.24, 2.45) is 0 Å².